The molecule has 1 N–H and O–H groups in total. The Morgan fingerprint density at radius 3 is 2.89 bits per heavy atom. The normalized spacial score (nSPS) is 26.3. The van der Waals surface area contributed by atoms with Gasteiger partial charge < -0.3 is 14.6 Å². The highest BCUT2D eigenvalue weighted by Gasteiger charge is 2.23. The second kappa shape index (κ2) is 5.80. The number of aromatic nitrogens is 2. The van der Waals surface area contributed by atoms with Crippen LogP contribution in [0, 0.1) is 5.92 Å². The Labute approximate surface area is 107 Å². The van der Waals surface area contributed by atoms with Gasteiger partial charge in [-0.25, -0.2) is 0 Å². The van der Waals surface area contributed by atoms with Gasteiger partial charge in [-0.2, -0.15) is 4.98 Å². The molecule has 0 amide bonds. The molecule has 18 heavy (non-hydrogen) atoms. The molecule has 1 aromatic heterocycles. The van der Waals surface area contributed by atoms with Gasteiger partial charge in [0.25, 0.3) is 0 Å². The predicted molar refractivity (Wildman–Crippen MR) is 66.4 cm³/mol. The summed E-state index contributed by atoms with van der Waals surface area (Å²) in [6.07, 6.45) is 5.49. The molecule has 1 atom stereocenters. The predicted octanol–water partition coefficient (Wildman–Crippen LogP) is 1.51. The van der Waals surface area contributed by atoms with Gasteiger partial charge in [-0.3, -0.25) is 0 Å². The van der Waals surface area contributed by atoms with Gasteiger partial charge in [0, 0.05) is 25.6 Å². The van der Waals surface area contributed by atoms with E-state index in [2.05, 4.69) is 15.5 Å². The monoisotopic (exact) mass is 251 g/mol. The highest BCUT2D eigenvalue weighted by atomic mass is 16.5. The van der Waals surface area contributed by atoms with Crippen LogP contribution in [0.25, 0.3) is 0 Å². The van der Waals surface area contributed by atoms with Crippen molar-refractivity contribution in [2.75, 3.05) is 26.3 Å². The first kappa shape index (κ1) is 12.1. The van der Waals surface area contributed by atoms with Gasteiger partial charge in [0.05, 0.1) is 0 Å². The van der Waals surface area contributed by atoms with Gasteiger partial charge in [0.2, 0.25) is 5.89 Å². The molecule has 0 aliphatic carbocycles. The minimum absolute atomic E-state index is 0.407. The van der Waals surface area contributed by atoms with Crippen LogP contribution >= 0.6 is 0 Å². The molecule has 0 radical (unpaired) electrons. The molecule has 3 rings (SSSR count). The summed E-state index contributed by atoms with van der Waals surface area (Å²) in [6, 6.07) is 0. The number of nitrogens with one attached hydrogen (secondary N) is 1. The summed E-state index contributed by atoms with van der Waals surface area (Å²) < 4.78 is 10.8. The standard InChI is InChI=1S/C13H21N3O2/c1-2-10(9-14-5-1)8-12-15-13(18-16-12)11-3-6-17-7-4-11/h10-11,14H,1-9H2. The first-order valence-electron chi connectivity index (χ1n) is 7.03. The summed E-state index contributed by atoms with van der Waals surface area (Å²) in [4.78, 5) is 4.57. The quantitative estimate of drug-likeness (QED) is 0.882. The molecule has 0 spiro atoms. The molecule has 1 aromatic rings. The van der Waals surface area contributed by atoms with Crippen molar-refractivity contribution in [3.8, 4) is 0 Å². The number of nitrogens with zero attached hydrogens (tertiary/aromatic N) is 2. The van der Waals surface area contributed by atoms with Crippen molar-refractivity contribution in [2.24, 2.45) is 5.92 Å². The summed E-state index contributed by atoms with van der Waals surface area (Å²) in [7, 11) is 0. The lowest BCUT2D eigenvalue weighted by molar-refractivity contribution is 0.0778. The van der Waals surface area contributed by atoms with E-state index in [-0.39, 0.29) is 0 Å². The van der Waals surface area contributed by atoms with E-state index in [4.69, 9.17) is 9.26 Å². The first-order chi connectivity index (χ1) is 8.92. The fraction of sp³-hybridized carbons (Fsp3) is 0.846. The average Bonchev–Trinajstić information content (AvgIpc) is 2.89. The number of rotatable bonds is 3. The zero-order valence-electron chi connectivity index (χ0n) is 10.7. The molecular formula is C13H21N3O2. The van der Waals surface area contributed by atoms with Crippen LogP contribution in [0.1, 0.15) is 43.3 Å². The Kier molecular flexibility index (Phi) is 3.90. The molecular weight excluding hydrogens is 230 g/mol. The van der Waals surface area contributed by atoms with Crippen molar-refractivity contribution in [1.29, 1.82) is 0 Å². The number of hydrogen-bond acceptors (Lipinski definition) is 5. The van der Waals surface area contributed by atoms with Gasteiger partial charge in [-0.05, 0) is 44.7 Å². The van der Waals surface area contributed by atoms with Crippen LogP contribution in [0.3, 0.4) is 0 Å². The van der Waals surface area contributed by atoms with Crippen molar-refractivity contribution >= 4 is 0 Å². The molecule has 0 bridgehead atoms. The van der Waals surface area contributed by atoms with Crippen LogP contribution in [0.4, 0.5) is 0 Å². The lowest BCUT2D eigenvalue weighted by Gasteiger charge is -2.21. The third-order valence-corrected chi connectivity index (χ3v) is 3.92. The van der Waals surface area contributed by atoms with E-state index in [1.165, 1.54) is 12.8 Å². The maximum atomic E-state index is 5.41. The van der Waals surface area contributed by atoms with E-state index in [0.29, 0.717) is 11.8 Å². The molecule has 100 valence electrons. The van der Waals surface area contributed by atoms with Crippen LogP contribution in [0.5, 0.6) is 0 Å². The van der Waals surface area contributed by atoms with Crippen LogP contribution in [0.15, 0.2) is 4.52 Å². The Bertz CT molecular complexity index is 368. The van der Waals surface area contributed by atoms with Gasteiger partial charge in [-0.15, -0.1) is 0 Å². The van der Waals surface area contributed by atoms with Crippen LogP contribution in [-0.4, -0.2) is 36.4 Å². The minimum atomic E-state index is 0.407. The van der Waals surface area contributed by atoms with E-state index in [0.717, 1.165) is 57.3 Å². The molecule has 3 heterocycles. The van der Waals surface area contributed by atoms with Crippen LogP contribution < -0.4 is 5.32 Å². The van der Waals surface area contributed by atoms with Gasteiger partial charge in [-0.1, -0.05) is 5.16 Å². The minimum Gasteiger partial charge on any atom is -0.381 e. The average molecular weight is 251 g/mol. The summed E-state index contributed by atoms with van der Waals surface area (Å²) in [5.74, 6) is 2.77. The van der Waals surface area contributed by atoms with E-state index in [1.54, 1.807) is 0 Å². The Balaban J connectivity index is 1.58. The number of ether oxygens (including phenoxy) is 1. The largest absolute Gasteiger partial charge is 0.381 e. The van der Waals surface area contributed by atoms with E-state index < -0.39 is 0 Å². The van der Waals surface area contributed by atoms with Crippen molar-refractivity contribution in [3.63, 3.8) is 0 Å². The van der Waals surface area contributed by atoms with Crippen LogP contribution in [-0.2, 0) is 11.2 Å². The lowest BCUT2D eigenvalue weighted by Crippen LogP contribution is -2.31. The van der Waals surface area contributed by atoms with E-state index in [9.17, 15) is 0 Å². The molecule has 5 heteroatoms. The second-order valence-electron chi connectivity index (χ2n) is 5.35. The fourth-order valence-corrected chi connectivity index (χ4v) is 2.82. The maximum absolute atomic E-state index is 5.41. The highest BCUT2D eigenvalue weighted by molar-refractivity contribution is 4.96. The third kappa shape index (κ3) is 2.90. The SMILES string of the molecule is C1CNCC(Cc2noc(C3CCOCC3)n2)C1. The van der Waals surface area contributed by atoms with E-state index in [1.807, 2.05) is 0 Å². The number of hydrogen-bond donors (Lipinski definition) is 1. The number of piperidine rings is 1. The topological polar surface area (TPSA) is 60.2 Å². The molecule has 0 aromatic carbocycles. The summed E-state index contributed by atoms with van der Waals surface area (Å²) in [5.41, 5.74) is 0. The van der Waals surface area contributed by atoms with E-state index >= 15 is 0 Å². The molecule has 2 saturated heterocycles. The molecule has 2 aliphatic heterocycles. The van der Waals surface area contributed by atoms with Gasteiger partial charge in [0.15, 0.2) is 5.82 Å². The molecule has 2 fully saturated rings. The first-order valence-corrected chi connectivity index (χ1v) is 7.03. The highest BCUT2D eigenvalue weighted by Crippen LogP contribution is 2.25. The van der Waals surface area contributed by atoms with Crippen LogP contribution in [0.2, 0.25) is 0 Å². The lowest BCUT2D eigenvalue weighted by atomic mass is 9.96. The van der Waals surface area contributed by atoms with Gasteiger partial charge in [0.1, 0.15) is 0 Å². The molecule has 0 saturated carbocycles. The third-order valence-electron chi connectivity index (χ3n) is 3.92. The zero-order valence-corrected chi connectivity index (χ0v) is 10.7. The molecule has 5 nitrogen and oxygen atoms in total. The van der Waals surface area contributed by atoms with Gasteiger partial charge >= 0.3 is 0 Å². The Hall–Kier alpha value is -0.940. The summed E-state index contributed by atoms with van der Waals surface area (Å²) in [6.45, 7) is 3.86. The van der Waals surface area contributed by atoms with Crippen molar-refractivity contribution in [1.82, 2.24) is 15.5 Å². The zero-order chi connectivity index (χ0) is 12.2. The Morgan fingerprint density at radius 1 is 1.22 bits per heavy atom. The summed E-state index contributed by atoms with van der Waals surface area (Å²) >= 11 is 0. The molecule has 2 aliphatic rings. The molecule has 1 unspecified atom stereocenters. The fourth-order valence-electron chi connectivity index (χ4n) is 2.82. The second-order valence-corrected chi connectivity index (χ2v) is 5.35. The maximum Gasteiger partial charge on any atom is 0.229 e. The van der Waals surface area contributed by atoms with Crippen molar-refractivity contribution in [3.05, 3.63) is 11.7 Å². The smallest absolute Gasteiger partial charge is 0.229 e. The van der Waals surface area contributed by atoms with Crippen molar-refractivity contribution in [2.45, 2.75) is 38.0 Å². The van der Waals surface area contributed by atoms with Crippen molar-refractivity contribution < 1.29 is 9.26 Å². The Morgan fingerprint density at radius 2 is 2.11 bits per heavy atom. The summed E-state index contributed by atoms with van der Waals surface area (Å²) in [5, 5.41) is 7.55.